The topological polar surface area (TPSA) is 92.3 Å². The lowest BCUT2D eigenvalue weighted by Gasteiger charge is -2.31. The molecule has 1 N–H and O–H groups in total. The van der Waals surface area contributed by atoms with Crippen LogP contribution in [0.5, 0.6) is 0 Å². The maximum Gasteiger partial charge on any atom is 0.268 e. The predicted octanol–water partition coefficient (Wildman–Crippen LogP) is 5.03. The Kier molecular flexibility index (Phi) is 6.46. The fourth-order valence-electron chi connectivity index (χ4n) is 3.88. The zero-order chi connectivity index (χ0) is 25.3. The van der Waals surface area contributed by atoms with Crippen LogP contribution < -0.4 is 9.62 Å². The van der Waals surface area contributed by atoms with E-state index in [1.807, 2.05) is 31.2 Å². The Balaban J connectivity index is 1.41. The number of sulfonamides is 1. The standard InChI is InChI=1S/C26H21FN4O3S2/c1-17-9-11-20(12-10-17)29-24(32)16-35-26-28-14-23-25(30-26)21-7-2-3-8-22(21)31(36(23,33)34)15-18-5-4-6-19(27)13-18/h2-14H,15-16H2,1H3,(H,29,32). The van der Waals surface area contributed by atoms with Crippen LogP contribution in [0.1, 0.15) is 11.1 Å². The molecule has 5 rings (SSSR count). The molecule has 1 aliphatic rings. The summed E-state index contributed by atoms with van der Waals surface area (Å²) in [5, 5.41) is 3.11. The third-order valence-corrected chi connectivity index (χ3v) is 8.23. The van der Waals surface area contributed by atoms with Crippen LogP contribution in [0.25, 0.3) is 11.3 Å². The average Bonchev–Trinajstić information content (AvgIpc) is 2.87. The number of thioether (sulfide) groups is 1. The van der Waals surface area contributed by atoms with Gasteiger partial charge in [-0.2, -0.15) is 0 Å². The molecule has 36 heavy (non-hydrogen) atoms. The number of hydrogen-bond donors (Lipinski definition) is 1. The molecule has 0 unspecified atom stereocenters. The number of nitrogens with zero attached hydrogens (tertiary/aromatic N) is 3. The van der Waals surface area contributed by atoms with Gasteiger partial charge in [0.1, 0.15) is 10.7 Å². The summed E-state index contributed by atoms with van der Waals surface area (Å²) in [5.41, 5.74) is 3.64. The van der Waals surface area contributed by atoms with Crippen molar-refractivity contribution in [3.05, 3.63) is 95.9 Å². The van der Waals surface area contributed by atoms with E-state index in [-0.39, 0.29) is 34.0 Å². The van der Waals surface area contributed by atoms with Crippen molar-refractivity contribution < 1.29 is 17.6 Å². The minimum atomic E-state index is -4.00. The molecule has 0 saturated carbocycles. The van der Waals surface area contributed by atoms with E-state index >= 15 is 0 Å². The third-order valence-electron chi connectivity index (χ3n) is 5.61. The smallest absolute Gasteiger partial charge is 0.268 e. The van der Waals surface area contributed by atoms with Gasteiger partial charge in [-0.15, -0.1) is 0 Å². The summed E-state index contributed by atoms with van der Waals surface area (Å²) >= 11 is 1.12. The molecule has 0 fully saturated rings. The molecule has 0 bridgehead atoms. The normalized spacial score (nSPS) is 13.6. The van der Waals surface area contributed by atoms with Gasteiger partial charge in [-0.05, 0) is 42.8 Å². The number of aryl methyl sites for hydroxylation is 1. The maximum absolute atomic E-state index is 13.7. The third kappa shape index (κ3) is 4.82. The fourth-order valence-corrected chi connectivity index (χ4v) is 6.06. The van der Waals surface area contributed by atoms with Crippen molar-refractivity contribution in [2.75, 3.05) is 15.4 Å². The van der Waals surface area contributed by atoms with E-state index in [1.54, 1.807) is 36.4 Å². The minimum absolute atomic E-state index is 0.0355. The predicted molar refractivity (Wildman–Crippen MR) is 138 cm³/mol. The monoisotopic (exact) mass is 520 g/mol. The van der Waals surface area contributed by atoms with Gasteiger partial charge in [-0.1, -0.05) is 59.8 Å². The fraction of sp³-hybridized carbons (Fsp3) is 0.115. The Morgan fingerprint density at radius 3 is 2.61 bits per heavy atom. The number of nitrogens with one attached hydrogen (secondary N) is 1. The summed E-state index contributed by atoms with van der Waals surface area (Å²) in [4.78, 5) is 21.1. The Labute approximate surface area is 212 Å². The molecule has 1 aromatic heterocycles. The molecule has 2 heterocycles. The molecular weight excluding hydrogens is 499 g/mol. The number of aromatic nitrogens is 2. The summed E-state index contributed by atoms with van der Waals surface area (Å²) < 4.78 is 42.1. The highest BCUT2D eigenvalue weighted by molar-refractivity contribution is 7.99. The summed E-state index contributed by atoms with van der Waals surface area (Å²) in [7, 11) is -4.00. The first kappa shape index (κ1) is 24.0. The second kappa shape index (κ2) is 9.71. The second-order valence-corrected chi connectivity index (χ2v) is 11.0. The average molecular weight is 521 g/mol. The van der Waals surface area contributed by atoms with Crippen LogP contribution in [0.15, 0.2) is 89.0 Å². The first-order valence-corrected chi connectivity index (χ1v) is 13.5. The molecule has 0 spiro atoms. The molecular formula is C26H21FN4O3S2. The number of amides is 1. The molecule has 0 aliphatic carbocycles. The summed E-state index contributed by atoms with van der Waals surface area (Å²) in [6, 6.07) is 20.3. The summed E-state index contributed by atoms with van der Waals surface area (Å²) in [5.74, 6) is -0.598. The SMILES string of the molecule is Cc1ccc(NC(=O)CSc2ncc3c(n2)-c2ccccc2N(Cc2cccc(F)c2)S3(=O)=O)cc1. The summed E-state index contributed by atoms with van der Waals surface area (Å²) in [6.45, 7) is 1.93. The number of fused-ring (bicyclic) bond motifs is 3. The molecule has 3 aromatic carbocycles. The molecule has 4 aromatic rings. The van der Waals surface area contributed by atoms with Crippen LogP contribution in [0.4, 0.5) is 15.8 Å². The highest BCUT2D eigenvalue weighted by Gasteiger charge is 2.36. The van der Waals surface area contributed by atoms with Gasteiger partial charge in [0.15, 0.2) is 5.16 Å². The van der Waals surface area contributed by atoms with Gasteiger partial charge in [-0.25, -0.2) is 22.8 Å². The van der Waals surface area contributed by atoms with Gasteiger partial charge in [-0.3, -0.25) is 9.10 Å². The lowest BCUT2D eigenvalue weighted by molar-refractivity contribution is -0.113. The van der Waals surface area contributed by atoms with E-state index < -0.39 is 15.8 Å². The van der Waals surface area contributed by atoms with Gasteiger partial charge in [0.05, 0.1) is 29.9 Å². The Morgan fingerprint density at radius 2 is 1.83 bits per heavy atom. The van der Waals surface area contributed by atoms with E-state index in [1.165, 1.54) is 22.6 Å². The number of anilines is 2. The Morgan fingerprint density at radius 1 is 1.06 bits per heavy atom. The Bertz CT molecular complexity index is 1560. The van der Waals surface area contributed by atoms with E-state index in [0.717, 1.165) is 17.3 Å². The number of carbonyl (C=O) groups excluding carboxylic acids is 1. The molecule has 7 nitrogen and oxygen atoms in total. The van der Waals surface area contributed by atoms with E-state index in [2.05, 4.69) is 15.3 Å². The quantitative estimate of drug-likeness (QED) is 0.283. The molecule has 1 amide bonds. The van der Waals surface area contributed by atoms with Crippen LogP contribution in [-0.2, 0) is 21.4 Å². The van der Waals surface area contributed by atoms with Crippen molar-refractivity contribution in [3.8, 4) is 11.3 Å². The molecule has 182 valence electrons. The van der Waals surface area contributed by atoms with Crippen LogP contribution in [0.3, 0.4) is 0 Å². The van der Waals surface area contributed by atoms with E-state index in [4.69, 9.17) is 0 Å². The number of carbonyl (C=O) groups is 1. The summed E-state index contributed by atoms with van der Waals surface area (Å²) in [6.07, 6.45) is 1.27. The van der Waals surface area contributed by atoms with Crippen molar-refractivity contribution in [2.24, 2.45) is 0 Å². The molecule has 1 aliphatic heterocycles. The van der Waals surface area contributed by atoms with Crippen molar-refractivity contribution in [1.29, 1.82) is 0 Å². The van der Waals surface area contributed by atoms with Gasteiger partial charge < -0.3 is 5.32 Å². The lowest BCUT2D eigenvalue weighted by Crippen LogP contribution is -2.34. The first-order valence-electron chi connectivity index (χ1n) is 11.0. The van der Waals surface area contributed by atoms with Gasteiger partial charge in [0, 0.05) is 11.3 Å². The van der Waals surface area contributed by atoms with Gasteiger partial charge in [0.25, 0.3) is 10.0 Å². The highest BCUT2D eigenvalue weighted by Crippen LogP contribution is 2.42. The van der Waals surface area contributed by atoms with E-state index in [9.17, 15) is 17.6 Å². The molecule has 0 atom stereocenters. The van der Waals surface area contributed by atoms with Crippen molar-refractivity contribution >= 4 is 39.1 Å². The number of rotatable bonds is 6. The Hall–Kier alpha value is -3.76. The van der Waals surface area contributed by atoms with Gasteiger partial charge in [0.2, 0.25) is 5.91 Å². The lowest BCUT2D eigenvalue weighted by atomic mass is 10.1. The van der Waals surface area contributed by atoms with Crippen molar-refractivity contribution in [3.63, 3.8) is 0 Å². The first-order chi connectivity index (χ1) is 17.3. The van der Waals surface area contributed by atoms with Crippen LogP contribution in [0.2, 0.25) is 0 Å². The highest BCUT2D eigenvalue weighted by atomic mass is 32.2. The maximum atomic E-state index is 13.7. The van der Waals surface area contributed by atoms with Gasteiger partial charge >= 0.3 is 0 Å². The largest absolute Gasteiger partial charge is 0.325 e. The second-order valence-electron chi connectivity index (χ2n) is 8.23. The van der Waals surface area contributed by atoms with Crippen molar-refractivity contribution in [1.82, 2.24) is 9.97 Å². The number of para-hydroxylation sites is 1. The molecule has 0 saturated heterocycles. The number of benzene rings is 3. The zero-order valence-corrected chi connectivity index (χ0v) is 20.8. The molecule has 0 radical (unpaired) electrons. The zero-order valence-electron chi connectivity index (χ0n) is 19.2. The van der Waals surface area contributed by atoms with Crippen LogP contribution in [-0.4, -0.2) is 30.0 Å². The van der Waals surface area contributed by atoms with Crippen molar-refractivity contribution in [2.45, 2.75) is 23.5 Å². The number of halogens is 1. The molecule has 10 heteroatoms. The number of hydrogen-bond acceptors (Lipinski definition) is 6. The van der Waals surface area contributed by atoms with E-state index in [0.29, 0.717) is 22.5 Å². The van der Waals surface area contributed by atoms with Crippen LogP contribution in [0, 0.1) is 12.7 Å². The minimum Gasteiger partial charge on any atom is -0.325 e. The van der Waals surface area contributed by atoms with Crippen LogP contribution >= 0.6 is 11.8 Å².